The van der Waals surface area contributed by atoms with Crippen LogP contribution in [0.5, 0.6) is 0 Å². The van der Waals surface area contributed by atoms with Crippen LogP contribution in [-0.4, -0.2) is 15.0 Å². The minimum atomic E-state index is -3.56. The van der Waals surface area contributed by atoms with Gasteiger partial charge in [0.25, 0.3) is 10.0 Å². The molecule has 1 aliphatic heterocycles. The van der Waals surface area contributed by atoms with Crippen LogP contribution in [0.25, 0.3) is 0 Å². The molecule has 106 valence electrons. The van der Waals surface area contributed by atoms with Crippen LogP contribution >= 0.6 is 22.9 Å². The fourth-order valence-electron chi connectivity index (χ4n) is 2.41. The number of rotatable bonds is 2. The van der Waals surface area contributed by atoms with E-state index in [9.17, 15) is 8.42 Å². The van der Waals surface area contributed by atoms with Gasteiger partial charge < -0.3 is 5.73 Å². The molecule has 7 heteroatoms. The number of hydrogen-bond acceptors (Lipinski definition) is 4. The van der Waals surface area contributed by atoms with Crippen molar-refractivity contribution >= 4 is 44.3 Å². The summed E-state index contributed by atoms with van der Waals surface area (Å²) >= 11 is 6.92. The molecule has 1 aliphatic rings. The Hall–Kier alpha value is -1.24. The molecule has 0 fully saturated rings. The highest BCUT2D eigenvalue weighted by Crippen LogP contribution is 2.37. The number of fused-ring (bicyclic) bond motifs is 1. The zero-order valence-electron chi connectivity index (χ0n) is 10.5. The summed E-state index contributed by atoms with van der Waals surface area (Å²) in [5.74, 6) is 0. The molecule has 3 rings (SSSR count). The third-order valence-corrected chi connectivity index (χ3v) is 6.85. The molecule has 2 aromatic rings. The van der Waals surface area contributed by atoms with Gasteiger partial charge in [-0.05, 0) is 42.7 Å². The lowest BCUT2D eigenvalue weighted by Gasteiger charge is -2.30. The van der Waals surface area contributed by atoms with E-state index in [4.69, 9.17) is 17.3 Å². The topological polar surface area (TPSA) is 63.4 Å². The van der Waals surface area contributed by atoms with Gasteiger partial charge in [0.15, 0.2) is 0 Å². The Morgan fingerprint density at radius 3 is 2.75 bits per heavy atom. The van der Waals surface area contributed by atoms with Gasteiger partial charge in [-0.15, -0.1) is 11.3 Å². The second-order valence-electron chi connectivity index (χ2n) is 4.58. The summed E-state index contributed by atoms with van der Waals surface area (Å²) in [5.41, 5.74) is 8.18. The Morgan fingerprint density at radius 1 is 1.25 bits per heavy atom. The smallest absolute Gasteiger partial charge is 0.273 e. The summed E-state index contributed by atoms with van der Waals surface area (Å²) in [5, 5.41) is 0. The molecule has 4 nitrogen and oxygen atoms in total. The molecule has 0 unspecified atom stereocenters. The lowest BCUT2D eigenvalue weighted by atomic mass is 10.0. The maximum absolute atomic E-state index is 12.7. The highest BCUT2D eigenvalue weighted by molar-refractivity contribution is 7.94. The zero-order valence-corrected chi connectivity index (χ0v) is 12.9. The second kappa shape index (κ2) is 4.95. The molecule has 0 atom stereocenters. The molecule has 0 bridgehead atoms. The fraction of sp³-hybridized carbons (Fsp3) is 0.231. The first-order chi connectivity index (χ1) is 9.50. The van der Waals surface area contributed by atoms with E-state index in [-0.39, 0.29) is 4.21 Å². The molecular formula is C13H13ClN2O2S2. The minimum Gasteiger partial charge on any atom is -0.398 e. The van der Waals surface area contributed by atoms with E-state index >= 15 is 0 Å². The Bertz CT molecular complexity index is 755. The third kappa shape index (κ3) is 2.17. The third-order valence-electron chi connectivity index (χ3n) is 3.34. The Balaban J connectivity index is 2.11. The molecule has 0 saturated heterocycles. The van der Waals surface area contributed by atoms with Crippen molar-refractivity contribution in [1.82, 2.24) is 0 Å². The molecule has 1 aromatic heterocycles. The second-order valence-corrected chi connectivity index (χ2v) is 8.39. The molecule has 0 amide bonds. The van der Waals surface area contributed by atoms with Crippen molar-refractivity contribution in [1.29, 1.82) is 0 Å². The standard InChI is InChI=1S/C13H13ClN2O2S2/c14-12-6-7-13(19-12)20(17,18)16-8-2-3-9-10(15)4-1-5-11(9)16/h1,4-7H,2-3,8,15H2. The minimum absolute atomic E-state index is 0.262. The average Bonchev–Trinajstić information content (AvgIpc) is 2.86. The van der Waals surface area contributed by atoms with E-state index in [0.29, 0.717) is 22.3 Å². The number of nitrogen functional groups attached to an aromatic ring is 1. The first-order valence-electron chi connectivity index (χ1n) is 6.15. The maximum Gasteiger partial charge on any atom is 0.273 e. The van der Waals surface area contributed by atoms with E-state index in [1.807, 2.05) is 0 Å². The monoisotopic (exact) mass is 328 g/mol. The fourth-order valence-corrected chi connectivity index (χ4v) is 5.54. The van der Waals surface area contributed by atoms with Gasteiger partial charge in [0.05, 0.1) is 10.0 Å². The summed E-state index contributed by atoms with van der Waals surface area (Å²) in [4.78, 5) is 0. The molecule has 1 aromatic carbocycles. The number of benzene rings is 1. The maximum atomic E-state index is 12.7. The lowest BCUT2D eigenvalue weighted by molar-refractivity contribution is 0.588. The molecule has 0 saturated carbocycles. The van der Waals surface area contributed by atoms with Gasteiger partial charge in [-0.2, -0.15) is 0 Å². The average molecular weight is 329 g/mol. The highest BCUT2D eigenvalue weighted by Gasteiger charge is 2.30. The van der Waals surface area contributed by atoms with Crippen LogP contribution in [0.3, 0.4) is 0 Å². The van der Waals surface area contributed by atoms with E-state index in [0.717, 1.165) is 29.7 Å². The van der Waals surface area contributed by atoms with Crippen LogP contribution in [0.1, 0.15) is 12.0 Å². The van der Waals surface area contributed by atoms with E-state index in [1.54, 1.807) is 30.3 Å². The van der Waals surface area contributed by atoms with Crippen LogP contribution in [0.2, 0.25) is 4.34 Å². The van der Waals surface area contributed by atoms with Crippen molar-refractivity contribution in [2.75, 3.05) is 16.6 Å². The molecule has 2 heterocycles. The molecular weight excluding hydrogens is 316 g/mol. The van der Waals surface area contributed by atoms with Crippen molar-refractivity contribution in [2.45, 2.75) is 17.1 Å². The van der Waals surface area contributed by atoms with Crippen molar-refractivity contribution in [3.05, 3.63) is 40.2 Å². The molecule has 2 N–H and O–H groups in total. The summed E-state index contributed by atoms with van der Waals surface area (Å²) < 4.78 is 27.6. The Labute approximate surface area is 126 Å². The van der Waals surface area contributed by atoms with Gasteiger partial charge in [-0.3, -0.25) is 4.31 Å². The summed E-state index contributed by atoms with van der Waals surface area (Å²) in [7, 11) is -3.56. The normalized spacial score (nSPS) is 15.2. The predicted molar refractivity (Wildman–Crippen MR) is 83.0 cm³/mol. The molecule has 0 radical (unpaired) electrons. The zero-order chi connectivity index (χ0) is 14.3. The molecule has 20 heavy (non-hydrogen) atoms. The Morgan fingerprint density at radius 2 is 2.05 bits per heavy atom. The van der Waals surface area contributed by atoms with Gasteiger partial charge in [-0.1, -0.05) is 17.7 Å². The van der Waals surface area contributed by atoms with Gasteiger partial charge in [-0.25, -0.2) is 8.42 Å². The first-order valence-corrected chi connectivity index (χ1v) is 8.79. The van der Waals surface area contributed by atoms with Crippen molar-refractivity contribution in [3.63, 3.8) is 0 Å². The highest BCUT2D eigenvalue weighted by atomic mass is 35.5. The quantitative estimate of drug-likeness (QED) is 0.861. The number of nitrogens with two attached hydrogens (primary N) is 1. The van der Waals surface area contributed by atoms with E-state index in [2.05, 4.69) is 0 Å². The van der Waals surface area contributed by atoms with Crippen molar-refractivity contribution < 1.29 is 8.42 Å². The Kier molecular flexibility index (Phi) is 3.40. The first kappa shape index (κ1) is 13.7. The van der Waals surface area contributed by atoms with Gasteiger partial charge in [0, 0.05) is 12.2 Å². The summed E-state index contributed by atoms with van der Waals surface area (Å²) in [6, 6.07) is 8.53. The number of anilines is 2. The van der Waals surface area contributed by atoms with Crippen molar-refractivity contribution in [2.24, 2.45) is 0 Å². The molecule has 0 spiro atoms. The number of sulfonamides is 1. The van der Waals surface area contributed by atoms with E-state index < -0.39 is 10.0 Å². The van der Waals surface area contributed by atoms with Crippen LogP contribution in [-0.2, 0) is 16.4 Å². The number of thiophene rings is 1. The van der Waals surface area contributed by atoms with Crippen LogP contribution < -0.4 is 10.0 Å². The van der Waals surface area contributed by atoms with Crippen LogP contribution in [0, 0.1) is 0 Å². The summed E-state index contributed by atoms with van der Waals surface area (Å²) in [6.45, 7) is 0.467. The lowest BCUT2D eigenvalue weighted by Crippen LogP contribution is -2.35. The summed E-state index contributed by atoms with van der Waals surface area (Å²) in [6.07, 6.45) is 1.57. The number of nitrogens with zero attached hydrogens (tertiary/aromatic N) is 1. The SMILES string of the molecule is Nc1cccc2c1CCCN2S(=O)(=O)c1ccc(Cl)s1. The number of hydrogen-bond donors (Lipinski definition) is 1. The van der Waals surface area contributed by atoms with E-state index in [1.165, 1.54) is 4.31 Å². The van der Waals surface area contributed by atoms with Crippen LogP contribution in [0.4, 0.5) is 11.4 Å². The van der Waals surface area contributed by atoms with Gasteiger partial charge in [0.2, 0.25) is 0 Å². The van der Waals surface area contributed by atoms with Gasteiger partial charge >= 0.3 is 0 Å². The number of halogens is 1. The largest absolute Gasteiger partial charge is 0.398 e. The predicted octanol–water partition coefficient (Wildman–Crippen LogP) is 3.13. The van der Waals surface area contributed by atoms with Gasteiger partial charge in [0.1, 0.15) is 4.21 Å². The van der Waals surface area contributed by atoms with Crippen molar-refractivity contribution in [3.8, 4) is 0 Å². The molecule has 0 aliphatic carbocycles. The van der Waals surface area contributed by atoms with Crippen LogP contribution in [0.15, 0.2) is 34.5 Å².